The maximum Gasteiger partial charge on any atom is 0.197 e. The van der Waals surface area contributed by atoms with E-state index in [1.807, 2.05) is 0 Å². The second kappa shape index (κ2) is 5.89. The summed E-state index contributed by atoms with van der Waals surface area (Å²) in [6.45, 7) is 1.64. The van der Waals surface area contributed by atoms with Gasteiger partial charge in [-0.2, -0.15) is 0 Å². The highest BCUT2D eigenvalue weighted by molar-refractivity contribution is 6.14. The van der Waals surface area contributed by atoms with E-state index in [-0.39, 0.29) is 28.0 Å². The first kappa shape index (κ1) is 17.2. The number of ether oxygens (including phenoxy) is 1. The number of carbonyl (C=O) groups is 1. The number of carbonyl (C=O) groups excluding carboxylic acids is 1. The predicted molar refractivity (Wildman–Crippen MR) is 92.0 cm³/mol. The lowest BCUT2D eigenvalue weighted by Crippen LogP contribution is -2.38. The molecule has 0 unspecified atom stereocenters. The molecule has 2 aromatic carbocycles. The summed E-state index contributed by atoms with van der Waals surface area (Å²) in [4.78, 5) is 13.1. The van der Waals surface area contributed by atoms with Gasteiger partial charge in [-0.05, 0) is 22.8 Å². The highest BCUT2D eigenvalue weighted by Gasteiger charge is 2.43. The molecule has 0 spiro atoms. The van der Waals surface area contributed by atoms with Gasteiger partial charge in [0.25, 0.3) is 0 Å². The Kier molecular flexibility index (Phi) is 3.89. The number of hydrogen-bond acceptors (Lipinski definition) is 6. The van der Waals surface area contributed by atoms with Crippen LogP contribution in [0.15, 0.2) is 30.3 Å². The number of hydrogen-bond donors (Lipinski definition) is 4. The van der Waals surface area contributed by atoms with Crippen LogP contribution in [0.1, 0.15) is 63.4 Å². The third-order valence-electron chi connectivity index (χ3n) is 5.61. The largest absolute Gasteiger partial charge is 0.496 e. The van der Waals surface area contributed by atoms with Gasteiger partial charge in [0.15, 0.2) is 5.78 Å². The Bertz CT molecular complexity index is 905. The lowest BCUT2D eigenvalue weighted by molar-refractivity contribution is -0.0701. The fourth-order valence-corrected chi connectivity index (χ4v) is 4.14. The molecule has 0 radical (unpaired) electrons. The Morgan fingerprint density at radius 3 is 2.35 bits per heavy atom. The summed E-state index contributed by atoms with van der Waals surface area (Å²) in [5.74, 6) is -0.529. The van der Waals surface area contributed by atoms with Crippen molar-refractivity contribution in [2.75, 3.05) is 7.11 Å². The Morgan fingerprint density at radius 1 is 0.923 bits per heavy atom. The summed E-state index contributed by atoms with van der Waals surface area (Å²) in [6.07, 6.45) is -4.67. The number of rotatable bonds is 1. The van der Waals surface area contributed by atoms with Gasteiger partial charge in [0.1, 0.15) is 18.0 Å². The number of aliphatic hydroxyl groups is 4. The minimum absolute atomic E-state index is 0.231. The van der Waals surface area contributed by atoms with E-state index in [4.69, 9.17) is 4.74 Å². The van der Waals surface area contributed by atoms with Crippen LogP contribution in [-0.4, -0.2) is 39.4 Å². The maximum atomic E-state index is 13.1. The highest BCUT2D eigenvalue weighted by atomic mass is 16.5. The molecule has 6 nitrogen and oxygen atoms in total. The van der Waals surface area contributed by atoms with Crippen molar-refractivity contribution >= 4 is 5.78 Å². The van der Waals surface area contributed by atoms with E-state index in [9.17, 15) is 25.2 Å². The molecule has 4 N–H and O–H groups in total. The molecule has 5 atom stereocenters. The Morgan fingerprint density at radius 2 is 1.65 bits per heavy atom. The molecule has 0 saturated carbocycles. The number of benzene rings is 2. The van der Waals surface area contributed by atoms with Crippen LogP contribution in [0.25, 0.3) is 0 Å². The minimum atomic E-state index is -1.30. The molecule has 0 saturated heterocycles. The van der Waals surface area contributed by atoms with Crippen molar-refractivity contribution in [3.05, 3.63) is 63.7 Å². The highest BCUT2D eigenvalue weighted by Crippen LogP contribution is 2.48. The van der Waals surface area contributed by atoms with Crippen molar-refractivity contribution in [1.82, 2.24) is 0 Å². The average molecular weight is 356 g/mol. The van der Waals surface area contributed by atoms with Crippen LogP contribution >= 0.6 is 0 Å². The molecule has 2 aromatic rings. The first-order valence-corrected chi connectivity index (χ1v) is 8.49. The molecule has 0 bridgehead atoms. The van der Waals surface area contributed by atoms with Crippen LogP contribution in [0.4, 0.5) is 0 Å². The van der Waals surface area contributed by atoms with Gasteiger partial charge >= 0.3 is 0 Å². The number of aliphatic hydroxyl groups excluding tert-OH is 4. The average Bonchev–Trinajstić information content (AvgIpc) is 2.67. The van der Waals surface area contributed by atoms with Crippen LogP contribution in [0, 0.1) is 5.92 Å². The van der Waals surface area contributed by atoms with Gasteiger partial charge < -0.3 is 25.2 Å². The lowest BCUT2D eigenvalue weighted by atomic mass is 9.71. The number of ketones is 1. The maximum absolute atomic E-state index is 13.1. The van der Waals surface area contributed by atoms with Crippen LogP contribution < -0.4 is 4.74 Å². The first-order valence-electron chi connectivity index (χ1n) is 8.49. The van der Waals surface area contributed by atoms with Crippen molar-refractivity contribution in [2.24, 2.45) is 5.92 Å². The predicted octanol–water partition coefficient (Wildman–Crippen LogP) is 1.40. The fraction of sp³-hybridized carbons (Fsp3) is 0.350. The van der Waals surface area contributed by atoms with Crippen molar-refractivity contribution < 1.29 is 30.0 Å². The molecule has 6 heteroatoms. The van der Waals surface area contributed by atoms with Crippen LogP contribution in [0.5, 0.6) is 5.75 Å². The topological polar surface area (TPSA) is 107 Å². The van der Waals surface area contributed by atoms with E-state index < -0.39 is 30.3 Å². The Hall–Kier alpha value is -2.25. The van der Waals surface area contributed by atoms with Gasteiger partial charge in [-0.25, -0.2) is 0 Å². The third kappa shape index (κ3) is 2.10. The smallest absolute Gasteiger partial charge is 0.197 e. The van der Waals surface area contributed by atoms with Gasteiger partial charge in [-0.1, -0.05) is 31.2 Å². The van der Waals surface area contributed by atoms with Crippen molar-refractivity contribution in [1.29, 1.82) is 0 Å². The molecule has 0 fully saturated rings. The zero-order valence-electron chi connectivity index (χ0n) is 14.4. The third-order valence-corrected chi connectivity index (χ3v) is 5.61. The molecule has 26 heavy (non-hydrogen) atoms. The fourth-order valence-electron chi connectivity index (χ4n) is 4.14. The summed E-state index contributed by atoms with van der Waals surface area (Å²) in [5.41, 5.74) is 1.80. The molecule has 2 aliphatic rings. The second-order valence-electron chi connectivity index (χ2n) is 6.93. The summed E-state index contributed by atoms with van der Waals surface area (Å²) < 4.78 is 5.27. The summed E-state index contributed by atoms with van der Waals surface area (Å²) in [7, 11) is 1.45. The molecule has 0 aliphatic heterocycles. The Labute approximate surface area is 150 Å². The van der Waals surface area contributed by atoms with Gasteiger partial charge in [-0.15, -0.1) is 0 Å². The molecule has 0 heterocycles. The standard InChI is InChI=1S/C20H20O6/c1-8-16(21)10-6-7-11-14(15(10)20(25)17(8)22)19(24)9-4-3-5-12(26-2)13(9)18(11)23/h3-8,16-17,19-22,24-25H,1-2H3/t8-,16-,17-,19-,20+/m0/s1. The molecule has 4 rings (SSSR count). The molecule has 2 aliphatic carbocycles. The summed E-state index contributed by atoms with van der Waals surface area (Å²) in [5, 5.41) is 42.4. The van der Waals surface area contributed by atoms with Crippen molar-refractivity contribution in [3.8, 4) is 5.75 Å². The van der Waals surface area contributed by atoms with Gasteiger partial charge in [-0.3, -0.25) is 4.79 Å². The minimum Gasteiger partial charge on any atom is -0.496 e. The van der Waals surface area contributed by atoms with Gasteiger partial charge in [0.2, 0.25) is 0 Å². The van der Waals surface area contributed by atoms with E-state index in [1.165, 1.54) is 7.11 Å². The molecular formula is C20H20O6. The molecule has 0 amide bonds. The first-order chi connectivity index (χ1) is 12.4. The van der Waals surface area contributed by atoms with Crippen LogP contribution in [0.2, 0.25) is 0 Å². The number of methoxy groups -OCH3 is 1. The van der Waals surface area contributed by atoms with Crippen LogP contribution in [0.3, 0.4) is 0 Å². The normalized spacial score (nSPS) is 29.6. The zero-order valence-corrected chi connectivity index (χ0v) is 14.4. The van der Waals surface area contributed by atoms with Crippen molar-refractivity contribution in [2.45, 2.75) is 31.3 Å². The van der Waals surface area contributed by atoms with Gasteiger partial charge in [0.05, 0.1) is 24.9 Å². The van der Waals surface area contributed by atoms with Crippen LogP contribution in [-0.2, 0) is 0 Å². The van der Waals surface area contributed by atoms with Gasteiger partial charge in [0, 0.05) is 17.0 Å². The van der Waals surface area contributed by atoms with E-state index in [1.54, 1.807) is 37.3 Å². The Balaban J connectivity index is 2.00. The van der Waals surface area contributed by atoms with E-state index in [0.29, 0.717) is 16.9 Å². The molecule has 136 valence electrons. The molecular weight excluding hydrogens is 336 g/mol. The SMILES string of the molecule is COc1cccc2c1C(=O)c1ccc3c(c1[C@H]2O)[C@@H](O)[C@@H](O)[C@@H](C)[C@@H]3O. The van der Waals surface area contributed by atoms with E-state index >= 15 is 0 Å². The zero-order chi connectivity index (χ0) is 18.7. The van der Waals surface area contributed by atoms with E-state index in [0.717, 1.165) is 0 Å². The quantitative estimate of drug-likeness (QED) is 0.615. The van der Waals surface area contributed by atoms with E-state index in [2.05, 4.69) is 0 Å². The monoisotopic (exact) mass is 356 g/mol. The molecule has 0 aromatic heterocycles. The number of fused-ring (bicyclic) bond motifs is 4. The summed E-state index contributed by atoms with van der Waals surface area (Å²) in [6, 6.07) is 8.09. The lowest BCUT2D eigenvalue weighted by Gasteiger charge is -2.39. The second-order valence-corrected chi connectivity index (χ2v) is 6.93. The van der Waals surface area contributed by atoms with Crippen molar-refractivity contribution in [3.63, 3.8) is 0 Å². The summed E-state index contributed by atoms with van der Waals surface area (Å²) >= 11 is 0.